The van der Waals surface area contributed by atoms with Gasteiger partial charge in [-0.3, -0.25) is 0 Å². The zero-order valence-electron chi connectivity index (χ0n) is 15.4. The first-order valence-corrected chi connectivity index (χ1v) is 8.36. The zero-order valence-corrected chi connectivity index (χ0v) is 15.4. The molecule has 1 aromatic carbocycles. The van der Waals surface area contributed by atoms with Crippen molar-refractivity contribution in [2.45, 2.75) is 45.3 Å². The number of likely N-dealkylation sites (tertiary alicyclic amines) is 1. The fourth-order valence-electron chi connectivity index (χ4n) is 2.66. The number of carbonyl (C=O) groups is 2. The van der Waals surface area contributed by atoms with Gasteiger partial charge in [0.2, 0.25) is 5.82 Å². The Balaban J connectivity index is 2.00. The highest BCUT2D eigenvalue weighted by molar-refractivity contribution is 5.91. The fourth-order valence-corrected chi connectivity index (χ4v) is 2.66. The van der Waals surface area contributed by atoms with E-state index in [1.165, 1.54) is 19.2 Å². The van der Waals surface area contributed by atoms with Crippen LogP contribution in [0.2, 0.25) is 0 Å². The number of benzene rings is 1. The summed E-state index contributed by atoms with van der Waals surface area (Å²) < 4.78 is 30.3. The average Bonchev–Trinajstić information content (AvgIpc) is 2.55. The molecule has 1 fully saturated rings. The number of hydrogen-bond donors (Lipinski definition) is 1. The maximum absolute atomic E-state index is 14.4. The van der Waals surface area contributed by atoms with Gasteiger partial charge in [-0.05, 0) is 32.9 Å². The molecular weight excluding hydrogens is 345 g/mol. The SMILES string of the molecule is COc1c(C(=O)O)ccc(OC2CCN(C(=O)OC(C)(C)C)CC2)c1F. The van der Waals surface area contributed by atoms with Crippen LogP contribution in [0.4, 0.5) is 9.18 Å². The van der Waals surface area contributed by atoms with Crippen molar-refractivity contribution in [2.75, 3.05) is 20.2 Å². The Morgan fingerprint density at radius 2 is 1.85 bits per heavy atom. The Kier molecular flexibility index (Phi) is 5.94. The van der Waals surface area contributed by atoms with Crippen LogP contribution in [-0.2, 0) is 4.74 Å². The predicted molar refractivity (Wildman–Crippen MR) is 91.4 cm³/mol. The Morgan fingerprint density at radius 1 is 1.23 bits per heavy atom. The third kappa shape index (κ3) is 4.77. The molecule has 26 heavy (non-hydrogen) atoms. The van der Waals surface area contributed by atoms with E-state index in [1.54, 1.807) is 25.7 Å². The maximum Gasteiger partial charge on any atom is 0.410 e. The normalized spacial score (nSPS) is 15.5. The second-order valence-corrected chi connectivity index (χ2v) is 7.05. The summed E-state index contributed by atoms with van der Waals surface area (Å²) in [4.78, 5) is 24.7. The van der Waals surface area contributed by atoms with E-state index >= 15 is 0 Å². The van der Waals surface area contributed by atoms with Crippen LogP contribution in [0.25, 0.3) is 0 Å². The number of methoxy groups -OCH3 is 1. The van der Waals surface area contributed by atoms with Crippen molar-refractivity contribution in [3.63, 3.8) is 0 Å². The molecule has 1 heterocycles. The molecule has 0 spiro atoms. The molecule has 1 saturated heterocycles. The van der Waals surface area contributed by atoms with Gasteiger partial charge in [-0.25, -0.2) is 9.59 Å². The van der Waals surface area contributed by atoms with Crippen molar-refractivity contribution in [1.29, 1.82) is 0 Å². The number of rotatable bonds is 4. The average molecular weight is 369 g/mol. The van der Waals surface area contributed by atoms with Gasteiger partial charge in [0, 0.05) is 25.9 Å². The predicted octanol–water partition coefficient (Wildman–Crippen LogP) is 3.31. The minimum Gasteiger partial charge on any atom is -0.493 e. The van der Waals surface area contributed by atoms with E-state index in [0.717, 1.165) is 0 Å². The smallest absolute Gasteiger partial charge is 0.410 e. The lowest BCUT2D eigenvalue weighted by atomic mass is 10.1. The molecule has 7 nitrogen and oxygen atoms in total. The minimum absolute atomic E-state index is 0.0671. The van der Waals surface area contributed by atoms with E-state index < -0.39 is 17.4 Å². The maximum atomic E-state index is 14.4. The first-order valence-electron chi connectivity index (χ1n) is 8.36. The lowest BCUT2D eigenvalue weighted by Gasteiger charge is -2.33. The van der Waals surface area contributed by atoms with Crippen LogP contribution in [0, 0.1) is 5.82 Å². The van der Waals surface area contributed by atoms with Crippen molar-refractivity contribution in [3.8, 4) is 11.5 Å². The van der Waals surface area contributed by atoms with Crippen molar-refractivity contribution >= 4 is 12.1 Å². The van der Waals surface area contributed by atoms with E-state index in [9.17, 15) is 14.0 Å². The van der Waals surface area contributed by atoms with E-state index in [2.05, 4.69) is 0 Å². The summed E-state index contributed by atoms with van der Waals surface area (Å²) in [6.07, 6.45) is 0.363. The van der Waals surface area contributed by atoms with Crippen LogP contribution in [-0.4, -0.2) is 54.0 Å². The molecule has 1 aliphatic rings. The number of piperidine rings is 1. The summed E-state index contributed by atoms with van der Waals surface area (Å²) in [6.45, 7) is 6.28. The molecule has 0 aliphatic carbocycles. The number of halogens is 1. The van der Waals surface area contributed by atoms with Gasteiger partial charge < -0.3 is 24.2 Å². The molecule has 1 aliphatic heterocycles. The van der Waals surface area contributed by atoms with Crippen LogP contribution in [0.1, 0.15) is 44.0 Å². The molecule has 1 amide bonds. The number of carboxylic acids is 1. The van der Waals surface area contributed by atoms with Gasteiger partial charge >= 0.3 is 12.1 Å². The fraction of sp³-hybridized carbons (Fsp3) is 0.556. The molecular formula is C18H24FNO6. The summed E-state index contributed by atoms with van der Waals surface area (Å²) in [6, 6.07) is 2.52. The van der Waals surface area contributed by atoms with Gasteiger partial charge in [-0.1, -0.05) is 0 Å². The van der Waals surface area contributed by atoms with Crippen molar-refractivity contribution in [2.24, 2.45) is 0 Å². The molecule has 144 valence electrons. The number of amides is 1. The van der Waals surface area contributed by atoms with Gasteiger partial charge in [-0.15, -0.1) is 0 Å². The Morgan fingerprint density at radius 3 is 2.35 bits per heavy atom. The topological polar surface area (TPSA) is 85.3 Å². The number of nitrogens with zero attached hydrogens (tertiary/aromatic N) is 1. The second-order valence-electron chi connectivity index (χ2n) is 7.05. The molecule has 0 radical (unpaired) electrons. The van der Waals surface area contributed by atoms with Crippen molar-refractivity contribution < 1.29 is 33.3 Å². The molecule has 1 N–H and O–H groups in total. The van der Waals surface area contributed by atoms with Gasteiger partial charge in [0.1, 0.15) is 17.3 Å². The summed E-state index contributed by atoms with van der Waals surface area (Å²) >= 11 is 0. The van der Waals surface area contributed by atoms with E-state index in [4.69, 9.17) is 19.3 Å². The van der Waals surface area contributed by atoms with Gasteiger partial charge in [0.15, 0.2) is 11.5 Å². The molecule has 8 heteroatoms. The third-order valence-electron chi connectivity index (χ3n) is 3.88. The molecule has 0 bridgehead atoms. The molecule has 0 saturated carbocycles. The molecule has 1 aromatic rings. The quantitative estimate of drug-likeness (QED) is 0.876. The number of carboxylic acid groups (broad SMARTS) is 1. The van der Waals surface area contributed by atoms with Crippen LogP contribution in [0.5, 0.6) is 11.5 Å². The molecule has 0 unspecified atom stereocenters. The van der Waals surface area contributed by atoms with E-state index in [-0.39, 0.29) is 29.3 Å². The molecule has 0 aromatic heterocycles. The van der Waals surface area contributed by atoms with E-state index in [1.807, 2.05) is 0 Å². The Labute approximate surface area is 151 Å². The zero-order chi connectivity index (χ0) is 19.5. The van der Waals surface area contributed by atoms with Crippen molar-refractivity contribution in [3.05, 3.63) is 23.5 Å². The summed E-state index contributed by atoms with van der Waals surface area (Å²) in [7, 11) is 1.20. The highest BCUT2D eigenvalue weighted by Gasteiger charge is 2.29. The largest absolute Gasteiger partial charge is 0.493 e. The van der Waals surface area contributed by atoms with Gasteiger partial charge in [0.25, 0.3) is 0 Å². The monoisotopic (exact) mass is 369 g/mol. The number of ether oxygens (including phenoxy) is 3. The van der Waals surface area contributed by atoms with Crippen LogP contribution in [0.15, 0.2) is 12.1 Å². The van der Waals surface area contributed by atoms with Gasteiger partial charge in [-0.2, -0.15) is 4.39 Å². The van der Waals surface area contributed by atoms with Gasteiger partial charge in [0.05, 0.1) is 7.11 Å². The van der Waals surface area contributed by atoms with Crippen molar-refractivity contribution in [1.82, 2.24) is 4.90 Å². The lowest BCUT2D eigenvalue weighted by molar-refractivity contribution is 0.0123. The third-order valence-corrected chi connectivity index (χ3v) is 3.88. The molecule has 0 atom stereocenters. The number of carbonyl (C=O) groups excluding carboxylic acids is 1. The number of aromatic carboxylic acids is 1. The number of hydrogen-bond acceptors (Lipinski definition) is 5. The van der Waals surface area contributed by atoms with Crippen LogP contribution in [0.3, 0.4) is 0 Å². The Bertz CT molecular complexity index is 677. The Hall–Kier alpha value is -2.51. The minimum atomic E-state index is -1.28. The second kappa shape index (κ2) is 7.80. The lowest BCUT2D eigenvalue weighted by Crippen LogP contribution is -2.44. The first-order chi connectivity index (χ1) is 12.1. The van der Waals surface area contributed by atoms with Crippen LogP contribution >= 0.6 is 0 Å². The summed E-state index contributed by atoms with van der Waals surface area (Å²) in [5.41, 5.74) is -0.826. The summed E-state index contributed by atoms with van der Waals surface area (Å²) in [5, 5.41) is 9.06. The summed E-state index contributed by atoms with van der Waals surface area (Å²) in [5.74, 6) is -2.55. The highest BCUT2D eigenvalue weighted by Crippen LogP contribution is 2.32. The van der Waals surface area contributed by atoms with Crippen LogP contribution < -0.4 is 9.47 Å². The van der Waals surface area contributed by atoms with E-state index in [0.29, 0.717) is 25.9 Å². The first kappa shape index (κ1) is 19.8. The highest BCUT2D eigenvalue weighted by atomic mass is 19.1. The molecule has 2 rings (SSSR count). The standard InChI is InChI=1S/C18H24FNO6/c1-18(2,3)26-17(23)20-9-7-11(8-10-20)25-13-6-5-12(16(21)22)15(24-4)14(13)19/h5-6,11H,7-10H2,1-4H3,(H,21,22).